The zero-order chi connectivity index (χ0) is 13.2. The third-order valence-corrected chi connectivity index (χ3v) is 3.92. The molecule has 1 saturated heterocycles. The van der Waals surface area contributed by atoms with Crippen molar-refractivity contribution in [2.75, 3.05) is 0 Å². The summed E-state index contributed by atoms with van der Waals surface area (Å²) in [6.07, 6.45) is 4.79. The fourth-order valence-electron chi connectivity index (χ4n) is 2.56. The first kappa shape index (κ1) is 12.3. The Bertz CT molecular complexity index is 565. The standard InChI is InChI=1S/C16H19N3/c1-11-5-6-13(8-12(11)2)15-9-16(19-18-15)14-4-3-7-17-10-14/h3-8,10,15-16,18-19H,9H2,1-2H3. The van der Waals surface area contributed by atoms with Gasteiger partial charge in [-0.05, 0) is 48.6 Å². The van der Waals surface area contributed by atoms with Crippen molar-refractivity contribution < 1.29 is 0 Å². The van der Waals surface area contributed by atoms with Crippen LogP contribution in [0.5, 0.6) is 0 Å². The average molecular weight is 253 g/mol. The molecule has 0 amide bonds. The van der Waals surface area contributed by atoms with Crippen molar-refractivity contribution in [2.24, 2.45) is 0 Å². The Hall–Kier alpha value is -1.71. The highest BCUT2D eigenvalue weighted by Gasteiger charge is 2.26. The summed E-state index contributed by atoms with van der Waals surface area (Å²) >= 11 is 0. The molecular formula is C16H19N3. The zero-order valence-corrected chi connectivity index (χ0v) is 11.4. The Balaban J connectivity index is 1.77. The van der Waals surface area contributed by atoms with Crippen molar-refractivity contribution in [3.05, 3.63) is 65.0 Å². The molecule has 2 atom stereocenters. The molecule has 3 rings (SSSR count). The van der Waals surface area contributed by atoms with E-state index in [0.717, 1.165) is 6.42 Å². The van der Waals surface area contributed by atoms with Gasteiger partial charge in [0, 0.05) is 24.5 Å². The summed E-state index contributed by atoms with van der Waals surface area (Å²) < 4.78 is 0. The molecule has 2 N–H and O–H groups in total. The molecule has 2 heterocycles. The van der Waals surface area contributed by atoms with Gasteiger partial charge >= 0.3 is 0 Å². The van der Waals surface area contributed by atoms with E-state index in [1.54, 1.807) is 0 Å². The molecule has 0 radical (unpaired) electrons. The molecule has 2 aromatic rings. The Morgan fingerprint density at radius 3 is 2.47 bits per heavy atom. The Kier molecular flexibility index (Phi) is 3.32. The van der Waals surface area contributed by atoms with Crippen LogP contribution >= 0.6 is 0 Å². The van der Waals surface area contributed by atoms with Crippen molar-refractivity contribution >= 4 is 0 Å². The predicted molar refractivity (Wildman–Crippen MR) is 76.5 cm³/mol. The second-order valence-corrected chi connectivity index (χ2v) is 5.26. The number of hydrogen-bond acceptors (Lipinski definition) is 3. The van der Waals surface area contributed by atoms with Gasteiger partial charge in [-0.3, -0.25) is 4.98 Å². The Morgan fingerprint density at radius 1 is 1.00 bits per heavy atom. The lowest BCUT2D eigenvalue weighted by Crippen LogP contribution is -2.26. The SMILES string of the molecule is Cc1ccc(C2CC(c3cccnc3)NN2)cc1C. The molecule has 1 aromatic heterocycles. The van der Waals surface area contributed by atoms with Crippen LogP contribution in [0.1, 0.15) is 40.8 Å². The van der Waals surface area contributed by atoms with Gasteiger partial charge in [0.25, 0.3) is 0 Å². The maximum atomic E-state index is 4.18. The molecule has 1 fully saturated rings. The van der Waals surface area contributed by atoms with Crippen LogP contribution in [0.2, 0.25) is 0 Å². The summed E-state index contributed by atoms with van der Waals surface area (Å²) in [5, 5.41) is 0. The van der Waals surface area contributed by atoms with E-state index in [2.05, 4.69) is 53.9 Å². The molecule has 3 nitrogen and oxygen atoms in total. The maximum Gasteiger partial charge on any atom is 0.0496 e. The summed E-state index contributed by atoms with van der Waals surface area (Å²) in [6.45, 7) is 4.32. The third kappa shape index (κ3) is 2.53. The number of aromatic nitrogens is 1. The van der Waals surface area contributed by atoms with Crippen LogP contribution in [0.25, 0.3) is 0 Å². The van der Waals surface area contributed by atoms with Gasteiger partial charge in [-0.15, -0.1) is 0 Å². The monoisotopic (exact) mass is 253 g/mol. The van der Waals surface area contributed by atoms with Gasteiger partial charge in [0.15, 0.2) is 0 Å². The number of rotatable bonds is 2. The molecule has 0 spiro atoms. The first-order chi connectivity index (χ1) is 9.24. The quantitative estimate of drug-likeness (QED) is 0.864. The van der Waals surface area contributed by atoms with Gasteiger partial charge in [-0.1, -0.05) is 24.3 Å². The average Bonchev–Trinajstić information content (AvgIpc) is 2.93. The normalized spacial score (nSPS) is 22.6. The van der Waals surface area contributed by atoms with E-state index in [1.165, 1.54) is 22.3 Å². The molecule has 0 saturated carbocycles. The summed E-state index contributed by atoms with van der Waals surface area (Å²) in [5.41, 5.74) is 12.0. The Labute approximate surface area is 114 Å². The molecule has 98 valence electrons. The predicted octanol–water partition coefficient (Wildman–Crippen LogP) is 2.98. The molecular weight excluding hydrogens is 234 g/mol. The molecule has 19 heavy (non-hydrogen) atoms. The van der Waals surface area contributed by atoms with Crippen LogP contribution in [0, 0.1) is 13.8 Å². The Morgan fingerprint density at radius 2 is 1.79 bits per heavy atom. The van der Waals surface area contributed by atoms with Gasteiger partial charge in [0.2, 0.25) is 0 Å². The minimum atomic E-state index is 0.334. The molecule has 3 heteroatoms. The van der Waals surface area contributed by atoms with Crippen LogP contribution in [0.3, 0.4) is 0 Å². The number of nitrogens with zero attached hydrogens (tertiary/aromatic N) is 1. The zero-order valence-electron chi connectivity index (χ0n) is 11.4. The fraction of sp³-hybridized carbons (Fsp3) is 0.312. The molecule has 0 bridgehead atoms. The maximum absolute atomic E-state index is 4.18. The first-order valence-corrected chi connectivity index (χ1v) is 6.72. The number of hydrogen-bond donors (Lipinski definition) is 2. The summed E-state index contributed by atoms with van der Waals surface area (Å²) in [7, 11) is 0. The highest BCUT2D eigenvalue weighted by Crippen LogP contribution is 2.30. The molecule has 2 unspecified atom stereocenters. The molecule has 1 aliphatic heterocycles. The lowest BCUT2D eigenvalue weighted by atomic mass is 9.96. The smallest absolute Gasteiger partial charge is 0.0496 e. The minimum Gasteiger partial charge on any atom is -0.264 e. The van der Waals surface area contributed by atoms with Crippen molar-refractivity contribution in [3.63, 3.8) is 0 Å². The van der Waals surface area contributed by atoms with Crippen LogP contribution in [-0.2, 0) is 0 Å². The van der Waals surface area contributed by atoms with Gasteiger partial charge in [-0.25, -0.2) is 10.9 Å². The first-order valence-electron chi connectivity index (χ1n) is 6.72. The topological polar surface area (TPSA) is 37.0 Å². The summed E-state index contributed by atoms with van der Waals surface area (Å²) in [6, 6.07) is 11.5. The van der Waals surface area contributed by atoms with E-state index in [0.29, 0.717) is 12.1 Å². The van der Waals surface area contributed by atoms with Gasteiger partial charge < -0.3 is 0 Å². The lowest BCUT2D eigenvalue weighted by Gasteiger charge is -2.12. The third-order valence-electron chi connectivity index (χ3n) is 3.92. The van der Waals surface area contributed by atoms with E-state index < -0.39 is 0 Å². The van der Waals surface area contributed by atoms with E-state index in [4.69, 9.17) is 0 Å². The van der Waals surface area contributed by atoms with Crippen LogP contribution in [0.15, 0.2) is 42.7 Å². The number of nitrogens with one attached hydrogen (secondary N) is 2. The van der Waals surface area contributed by atoms with E-state index in [-0.39, 0.29) is 0 Å². The van der Waals surface area contributed by atoms with Crippen LogP contribution in [-0.4, -0.2) is 4.98 Å². The second-order valence-electron chi connectivity index (χ2n) is 5.26. The van der Waals surface area contributed by atoms with Crippen molar-refractivity contribution in [1.29, 1.82) is 0 Å². The summed E-state index contributed by atoms with van der Waals surface area (Å²) in [5.74, 6) is 0. The van der Waals surface area contributed by atoms with E-state index in [1.807, 2.05) is 18.5 Å². The van der Waals surface area contributed by atoms with Crippen LogP contribution < -0.4 is 10.9 Å². The minimum absolute atomic E-state index is 0.334. The van der Waals surface area contributed by atoms with E-state index >= 15 is 0 Å². The highest BCUT2D eigenvalue weighted by molar-refractivity contribution is 5.32. The van der Waals surface area contributed by atoms with E-state index in [9.17, 15) is 0 Å². The van der Waals surface area contributed by atoms with Crippen molar-refractivity contribution in [1.82, 2.24) is 15.8 Å². The van der Waals surface area contributed by atoms with Gasteiger partial charge in [-0.2, -0.15) is 0 Å². The van der Waals surface area contributed by atoms with Crippen molar-refractivity contribution in [2.45, 2.75) is 32.4 Å². The number of pyridine rings is 1. The highest BCUT2D eigenvalue weighted by atomic mass is 15.4. The number of hydrazine groups is 1. The van der Waals surface area contributed by atoms with Gasteiger partial charge in [0.05, 0.1) is 0 Å². The fourth-order valence-corrected chi connectivity index (χ4v) is 2.56. The number of benzene rings is 1. The summed E-state index contributed by atoms with van der Waals surface area (Å²) in [4.78, 5) is 4.18. The van der Waals surface area contributed by atoms with Crippen LogP contribution in [0.4, 0.5) is 0 Å². The molecule has 0 aliphatic carbocycles. The van der Waals surface area contributed by atoms with Gasteiger partial charge in [0.1, 0.15) is 0 Å². The second kappa shape index (κ2) is 5.11. The molecule has 1 aromatic carbocycles. The lowest BCUT2D eigenvalue weighted by molar-refractivity contribution is 0.554. The number of aryl methyl sites for hydroxylation is 2. The largest absolute Gasteiger partial charge is 0.264 e. The van der Waals surface area contributed by atoms with Crippen molar-refractivity contribution in [3.8, 4) is 0 Å². The molecule has 1 aliphatic rings.